The number of benzene rings is 2. The number of sulfonamides is 1. The third-order valence-corrected chi connectivity index (χ3v) is 7.08. The number of nitrogens with one attached hydrogen (secondary N) is 1. The van der Waals surface area contributed by atoms with Crippen LogP contribution in [0.3, 0.4) is 0 Å². The summed E-state index contributed by atoms with van der Waals surface area (Å²) in [4.78, 5) is 14.8. The van der Waals surface area contributed by atoms with E-state index in [4.69, 9.17) is 9.47 Å². The molecular formula is C21H25N3O5S. The van der Waals surface area contributed by atoms with E-state index in [9.17, 15) is 13.2 Å². The summed E-state index contributed by atoms with van der Waals surface area (Å²) in [5.41, 5.74) is 1.24. The molecule has 0 aromatic heterocycles. The number of likely N-dealkylation sites (N-methyl/N-ethyl adjacent to an activating group) is 1. The van der Waals surface area contributed by atoms with Gasteiger partial charge in [-0.3, -0.25) is 4.79 Å². The molecule has 2 aliphatic heterocycles. The average molecular weight is 432 g/mol. The SMILES string of the molecule is CN1CCN(S(=O)(=O)c2cccc(NC(=O)Cc3ccc4c(c3)OCCO4)c2)CC1. The van der Waals surface area contributed by atoms with Gasteiger partial charge in [0.15, 0.2) is 11.5 Å². The zero-order valence-corrected chi connectivity index (χ0v) is 17.7. The first kappa shape index (κ1) is 20.6. The van der Waals surface area contributed by atoms with Gasteiger partial charge in [0, 0.05) is 31.9 Å². The van der Waals surface area contributed by atoms with Crippen LogP contribution in [-0.2, 0) is 21.2 Å². The van der Waals surface area contributed by atoms with Crippen molar-refractivity contribution in [1.82, 2.24) is 9.21 Å². The molecule has 2 aromatic carbocycles. The fraction of sp³-hybridized carbons (Fsp3) is 0.381. The zero-order valence-electron chi connectivity index (χ0n) is 16.8. The van der Waals surface area contributed by atoms with Crippen LogP contribution in [0, 0.1) is 0 Å². The van der Waals surface area contributed by atoms with Gasteiger partial charge in [-0.1, -0.05) is 12.1 Å². The highest BCUT2D eigenvalue weighted by Gasteiger charge is 2.27. The summed E-state index contributed by atoms with van der Waals surface area (Å²) < 4.78 is 38.4. The van der Waals surface area contributed by atoms with Gasteiger partial charge in [0.2, 0.25) is 15.9 Å². The Labute approximate surface area is 176 Å². The van der Waals surface area contributed by atoms with Gasteiger partial charge in [-0.25, -0.2) is 8.42 Å². The molecule has 8 nitrogen and oxygen atoms in total. The van der Waals surface area contributed by atoms with Crippen LogP contribution < -0.4 is 14.8 Å². The molecule has 4 rings (SSSR count). The maximum Gasteiger partial charge on any atom is 0.243 e. The number of piperazine rings is 1. The van der Waals surface area contributed by atoms with Crippen molar-refractivity contribution in [2.24, 2.45) is 0 Å². The number of hydrogen-bond acceptors (Lipinski definition) is 6. The van der Waals surface area contributed by atoms with Gasteiger partial charge < -0.3 is 19.7 Å². The highest BCUT2D eigenvalue weighted by Crippen LogP contribution is 2.31. The average Bonchev–Trinajstić information content (AvgIpc) is 2.74. The topological polar surface area (TPSA) is 88.2 Å². The first-order valence-corrected chi connectivity index (χ1v) is 11.3. The van der Waals surface area contributed by atoms with Gasteiger partial charge in [0.25, 0.3) is 0 Å². The molecule has 1 saturated heterocycles. The number of ether oxygens (including phenoxy) is 2. The molecule has 2 aliphatic rings. The van der Waals surface area contributed by atoms with Gasteiger partial charge >= 0.3 is 0 Å². The standard InChI is InChI=1S/C21H25N3O5S/c1-23-7-9-24(10-8-23)30(26,27)18-4-2-3-17(15-18)22-21(25)14-16-5-6-19-20(13-16)29-12-11-28-19/h2-6,13,15H,7-12,14H2,1H3,(H,22,25). The third kappa shape index (κ3) is 4.58. The van der Waals surface area contributed by atoms with Crippen LogP contribution >= 0.6 is 0 Å². The van der Waals surface area contributed by atoms with Gasteiger partial charge in [-0.05, 0) is 42.9 Å². The van der Waals surface area contributed by atoms with E-state index in [1.165, 1.54) is 10.4 Å². The van der Waals surface area contributed by atoms with E-state index in [0.717, 1.165) is 5.56 Å². The molecule has 0 bridgehead atoms. The Balaban J connectivity index is 1.43. The van der Waals surface area contributed by atoms with Crippen molar-refractivity contribution in [1.29, 1.82) is 0 Å². The molecule has 0 spiro atoms. The molecule has 1 amide bonds. The Morgan fingerprint density at radius 3 is 2.50 bits per heavy atom. The van der Waals surface area contributed by atoms with Crippen LogP contribution in [-0.4, -0.2) is 70.0 Å². The number of anilines is 1. The number of rotatable bonds is 5. The predicted molar refractivity (Wildman–Crippen MR) is 112 cm³/mol. The van der Waals surface area contributed by atoms with E-state index in [2.05, 4.69) is 10.2 Å². The second-order valence-corrected chi connectivity index (χ2v) is 9.38. The normalized spacial score (nSPS) is 17.5. The highest BCUT2D eigenvalue weighted by molar-refractivity contribution is 7.89. The quantitative estimate of drug-likeness (QED) is 0.773. The molecule has 160 valence electrons. The van der Waals surface area contributed by atoms with Crippen molar-refractivity contribution < 1.29 is 22.7 Å². The third-order valence-electron chi connectivity index (χ3n) is 5.19. The first-order valence-electron chi connectivity index (χ1n) is 9.89. The summed E-state index contributed by atoms with van der Waals surface area (Å²) in [5, 5.41) is 2.79. The smallest absolute Gasteiger partial charge is 0.243 e. The lowest BCUT2D eigenvalue weighted by atomic mass is 10.1. The summed E-state index contributed by atoms with van der Waals surface area (Å²) in [6.45, 7) is 3.31. The predicted octanol–water partition coefficient (Wildman–Crippen LogP) is 1.58. The molecule has 0 radical (unpaired) electrons. The van der Waals surface area contributed by atoms with Crippen molar-refractivity contribution >= 4 is 21.6 Å². The number of nitrogens with zero attached hydrogens (tertiary/aromatic N) is 2. The molecule has 1 N–H and O–H groups in total. The van der Waals surface area contributed by atoms with Crippen LogP contribution in [0.15, 0.2) is 47.4 Å². The van der Waals surface area contributed by atoms with Crippen molar-refractivity contribution in [3.05, 3.63) is 48.0 Å². The van der Waals surface area contributed by atoms with Gasteiger partial charge in [0.05, 0.1) is 11.3 Å². The fourth-order valence-corrected chi connectivity index (χ4v) is 4.97. The molecule has 0 atom stereocenters. The number of carbonyl (C=O) groups excluding carboxylic acids is 1. The van der Waals surface area contributed by atoms with Crippen molar-refractivity contribution in [3.63, 3.8) is 0 Å². The maximum atomic E-state index is 12.9. The molecule has 9 heteroatoms. The lowest BCUT2D eigenvalue weighted by Crippen LogP contribution is -2.47. The molecule has 2 heterocycles. The fourth-order valence-electron chi connectivity index (χ4n) is 3.50. The monoisotopic (exact) mass is 431 g/mol. The Morgan fingerprint density at radius 1 is 1.00 bits per heavy atom. The molecule has 2 aromatic rings. The van der Waals surface area contributed by atoms with E-state index < -0.39 is 10.0 Å². The second kappa shape index (κ2) is 8.63. The van der Waals surface area contributed by atoms with Crippen molar-refractivity contribution in [2.75, 3.05) is 51.8 Å². The molecule has 0 saturated carbocycles. The summed E-state index contributed by atoms with van der Waals surface area (Å²) in [6.07, 6.45) is 0.145. The summed E-state index contributed by atoms with van der Waals surface area (Å²) in [7, 11) is -1.61. The lowest BCUT2D eigenvalue weighted by Gasteiger charge is -2.31. The Hall–Kier alpha value is -2.62. The van der Waals surface area contributed by atoms with E-state index in [-0.39, 0.29) is 17.2 Å². The molecule has 30 heavy (non-hydrogen) atoms. The lowest BCUT2D eigenvalue weighted by molar-refractivity contribution is -0.115. The Bertz CT molecular complexity index is 1030. The molecule has 1 fully saturated rings. The second-order valence-electron chi connectivity index (χ2n) is 7.44. The minimum Gasteiger partial charge on any atom is -0.486 e. The van der Waals surface area contributed by atoms with E-state index in [1.807, 2.05) is 13.1 Å². The van der Waals surface area contributed by atoms with E-state index in [1.54, 1.807) is 30.3 Å². The van der Waals surface area contributed by atoms with Crippen LogP contribution in [0.5, 0.6) is 11.5 Å². The van der Waals surface area contributed by atoms with Crippen LogP contribution in [0.25, 0.3) is 0 Å². The first-order chi connectivity index (χ1) is 14.4. The van der Waals surface area contributed by atoms with Crippen LogP contribution in [0.4, 0.5) is 5.69 Å². The van der Waals surface area contributed by atoms with E-state index >= 15 is 0 Å². The summed E-state index contributed by atoms with van der Waals surface area (Å²) >= 11 is 0. The van der Waals surface area contributed by atoms with Crippen molar-refractivity contribution in [2.45, 2.75) is 11.3 Å². The molecule has 0 unspecified atom stereocenters. The summed E-state index contributed by atoms with van der Waals surface area (Å²) in [6, 6.07) is 11.8. The summed E-state index contributed by atoms with van der Waals surface area (Å²) in [5.74, 6) is 1.07. The van der Waals surface area contributed by atoms with Gasteiger partial charge in [-0.15, -0.1) is 0 Å². The number of hydrogen-bond donors (Lipinski definition) is 1. The van der Waals surface area contributed by atoms with E-state index in [0.29, 0.717) is 56.6 Å². The highest BCUT2D eigenvalue weighted by atomic mass is 32.2. The number of fused-ring (bicyclic) bond motifs is 1. The minimum atomic E-state index is -3.59. The maximum absolute atomic E-state index is 12.9. The minimum absolute atomic E-state index is 0.145. The Morgan fingerprint density at radius 2 is 1.73 bits per heavy atom. The number of carbonyl (C=O) groups is 1. The Kier molecular flexibility index (Phi) is 5.94. The number of amides is 1. The molecular weight excluding hydrogens is 406 g/mol. The van der Waals surface area contributed by atoms with Gasteiger partial charge in [0.1, 0.15) is 13.2 Å². The largest absolute Gasteiger partial charge is 0.486 e. The molecule has 0 aliphatic carbocycles. The van der Waals surface area contributed by atoms with Crippen LogP contribution in [0.2, 0.25) is 0 Å². The zero-order chi connectivity index (χ0) is 21.1. The van der Waals surface area contributed by atoms with Crippen molar-refractivity contribution in [3.8, 4) is 11.5 Å². The van der Waals surface area contributed by atoms with Gasteiger partial charge in [-0.2, -0.15) is 4.31 Å². The van der Waals surface area contributed by atoms with Crippen LogP contribution in [0.1, 0.15) is 5.56 Å².